The standard InChI is InChI=1S/C18H26N4O2/c1-2-10-22-16-7-11-21(13-14(16)3-5-18(22)24)17(23)6-4-15-12-19-8-9-20-15/h8-9,12,14,16H,2-7,10-11,13H2,1H3/t14-,16+/m0/s1. The smallest absolute Gasteiger partial charge is 0.222 e. The molecule has 2 amide bonds. The Balaban J connectivity index is 1.54. The first-order valence-electron chi connectivity index (χ1n) is 9.01. The fraction of sp³-hybridized carbons (Fsp3) is 0.667. The van der Waals surface area contributed by atoms with E-state index in [4.69, 9.17) is 0 Å². The number of aryl methyl sites for hydroxylation is 1. The van der Waals surface area contributed by atoms with Gasteiger partial charge < -0.3 is 9.80 Å². The Bertz CT molecular complexity index is 578. The lowest BCUT2D eigenvalue weighted by molar-refractivity contribution is -0.144. The third kappa shape index (κ3) is 3.74. The summed E-state index contributed by atoms with van der Waals surface area (Å²) in [6.07, 6.45) is 9.58. The maximum absolute atomic E-state index is 12.5. The zero-order valence-corrected chi connectivity index (χ0v) is 14.4. The lowest BCUT2D eigenvalue weighted by atomic mass is 9.83. The molecule has 6 nitrogen and oxygen atoms in total. The van der Waals surface area contributed by atoms with Crippen molar-refractivity contribution in [2.24, 2.45) is 5.92 Å². The molecular weight excluding hydrogens is 304 g/mol. The van der Waals surface area contributed by atoms with Crippen LogP contribution in [0.2, 0.25) is 0 Å². The van der Waals surface area contributed by atoms with Crippen molar-refractivity contribution in [3.05, 3.63) is 24.3 Å². The molecule has 2 aliphatic rings. The summed E-state index contributed by atoms with van der Waals surface area (Å²) in [5.41, 5.74) is 0.859. The van der Waals surface area contributed by atoms with Gasteiger partial charge in [0.1, 0.15) is 0 Å². The summed E-state index contributed by atoms with van der Waals surface area (Å²) in [4.78, 5) is 37.0. The van der Waals surface area contributed by atoms with Crippen molar-refractivity contribution < 1.29 is 9.59 Å². The average Bonchev–Trinajstić information content (AvgIpc) is 2.62. The molecule has 0 N–H and O–H groups in total. The zero-order chi connectivity index (χ0) is 16.9. The summed E-state index contributed by atoms with van der Waals surface area (Å²) >= 11 is 0. The van der Waals surface area contributed by atoms with Gasteiger partial charge in [0.2, 0.25) is 11.8 Å². The number of nitrogens with zero attached hydrogens (tertiary/aromatic N) is 4. The molecule has 0 saturated carbocycles. The molecule has 0 unspecified atom stereocenters. The summed E-state index contributed by atoms with van der Waals surface area (Å²) in [7, 11) is 0. The molecule has 0 bridgehead atoms. The molecule has 0 aromatic carbocycles. The van der Waals surface area contributed by atoms with Gasteiger partial charge >= 0.3 is 0 Å². The zero-order valence-electron chi connectivity index (χ0n) is 14.4. The Morgan fingerprint density at radius 3 is 2.96 bits per heavy atom. The normalized spacial score (nSPS) is 24.0. The van der Waals surface area contributed by atoms with Crippen LogP contribution >= 0.6 is 0 Å². The van der Waals surface area contributed by atoms with Gasteiger partial charge in [0, 0.05) is 57.1 Å². The number of likely N-dealkylation sites (tertiary alicyclic amines) is 2. The Hall–Kier alpha value is -1.98. The van der Waals surface area contributed by atoms with E-state index in [1.54, 1.807) is 18.6 Å². The SMILES string of the molecule is CCCN1C(=O)CC[C@H]2CN(C(=O)CCc3cnccn3)CC[C@H]21. The highest BCUT2D eigenvalue weighted by molar-refractivity contribution is 5.78. The quantitative estimate of drug-likeness (QED) is 0.823. The van der Waals surface area contributed by atoms with Crippen LogP contribution < -0.4 is 0 Å². The molecule has 0 aliphatic carbocycles. The molecule has 1 aromatic rings. The second kappa shape index (κ2) is 7.73. The Labute approximate surface area is 143 Å². The van der Waals surface area contributed by atoms with Gasteiger partial charge in [0.05, 0.1) is 5.69 Å². The van der Waals surface area contributed by atoms with Crippen LogP contribution in [0.25, 0.3) is 0 Å². The van der Waals surface area contributed by atoms with Crippen molar-refractivity contribution in [3.8, 4) is 0 Å². The predicted molar refractivity (Wildman–Crippen MR) is 90.1 cm³/mol. The minimum absolute atomic E-state index is 0.193. The predicted octanol–water partition coefficient (Wildman–Crippen LogP) is 1.66. The maximum Gasteiger partial charge on any atom is 0.222 e. The molecule has 2 fully saturated rings. The monoisotopic (exact) mass is 330 g/mol. The van der Waals surface area contributed by atoms with E-state index in [-0.39, 0.29) is 5.91 Å². The van der Waals surface area contributed by atoms with Crippen LogP contribution in [0.15, 0.2) is 18.6 Å². The van der Waals surface area contributed by atoms with Crippen molar-refractivity contribution in [1.82, 2.24) is 19.8 Å². The molecular formula is C18H26N4O2. The van der Waals surface area contributed by atoms with Gasteiger partial charge in [-0.3, -0.25) is 19.6 Å². The van der Waals surface area contributed by atoms with Crippen LogP contribution in [0, 0.1) is 5.92 Å². The summed E-state index contributed by atoms with van der Waals surface area (Å²) in [5.74, 6) is 0.919. The molecule has 0 radical (unpaired) electrons. The molecule has 2 aliphatic heterocycles. The number of hydrogen-bond acceptors (Lipinski definition) is 4. The van der Waals surface area contributed by atoms with Gasteiger partial charge in [0.15, 0.2) is 0 Å². The second-order valence-corrected chi connectivity index (χ2v) is 6.78. The highest BCUT2D eigenvalue weighted by Crippen LogP contribution is 2.31. The van der Waals surface area contributed by atoms with E-state index in [1.807, 2.05) is 4.90 Å². The molecule has 130 valence electrons. The van der Waals surface area contributed by atoms with Crippen LogP contribution in [-0.2, 0) is 16.0 Å². The molecule has 1 aromatic heterocycles. The van der Waals surface area contributed by atoms with Gasteiger partial charge in [-0.15, -0.1) is 0 Å². The largest absolute Gasteiger partial charge is 0.342 e. The molecule has 6 heteroatoms. The van der Waals surface area contributed by atoms with Crippen LogP contribution in [0.4, 0.5) is 0 Å². The summed E-state index contributed by atoms with van der Waals surface area (Å²) in [6.45, 7) is 4.51. The average molecular weight is 330 g/mol. The fourth-order valence-corrected chi connectivity index (χ4v) is 3.96. The van der Waals surface area contributed by atoms with E-state index in [9.17, 15) is 9.59 Å². The lowest BCUT2D eigenvalue weighted by Crippen LogP contribution is -2.57. The van der Waals surface area contributed by atoms with Crippen molar-refractivity contribution in [1.29, 1.82) is 0 Å². The van der Waals surface area contributed by atoms with Gasteiger partial charge in [-0.05, 0) is 31.6 Å². The van der Waals surface area contributed by atoms with E-state index in [2.05, 4.69) is 21.8 Å². The van der Waals surface area contributed by atoms with E-state index in [0.717, 1.165) is 44.6 Å². The number of hydrogen-bond donors (Lipinski definition) is 0. The van der Waals surface area contributed by atoms with Crippen LogP contribution in [0.5, 0.6) is 0 Å². The van der Waals surface area contributed by atoms with Crippen molar-refractivity contribution in [2.75, 3.05) is 19.6 Å². The van der Waals surface area contributed by atoms with E-state index in [0.29, 0.717) is 37.1 Å². The number of amides is 2. The minimum Gasteiger partial charge on any atom is -0.342 e. The van der Waals surface area contributed by atoms with E-state index in [1.165, 1.54) is 0 Å². The Kier molecular flexibility index (Phi) is 5.43. The van der Waals surface area contributed by atoms with E-state index >= 15 is 0 Å². The Morgan fingerprint density at radius 1 is 1.33 bits per heavy atom. The molecule has 3 heterocycles. The molecule has 2 saturated heterocycles. The lowest BCUT2D eigenvalue weighted by Gasteiger charge is -2.47. The maximum atomic E-state index is 12.5. The highest BCUT2D eigenvalue weighted by Gasteiger charge is 2.39. The summed E-state index contributed by atoms with van der Waals surface area (Å²) in [5, 5.41) is 0. The number of carbonyl (C=O) groups excluding carboxylic acids is 2. The molecule has 24 heavy (non-hydrogen) atoms. The molecule has 3 rings (SSSR count). The number of piperidine rings is 2. The van der Waals surface area contributed by atoms with Crippen LogP contribution in [-0.4, -0.2) is 57.3 Å². The number of carbonyl (C=O) groups is 2. The third-order valence-electron chi connectivity index (χ3n) is 5.17. The topological polar surface area (TPSA) is 66.4 Å². The first-order chi connectivity index (χ1) is 11.7. The van der Waals surface area contributed by atoms with Crippen LogP contribution in [0.3, 0.4) is 0 Å². The minimum atomic E-state index is 0.193. The van der Waals surface area contributed by atoms with Gasteiger partial charge in [0.25, 0.3) is 0 Å². The van der Waals surface area contributed by atoms with Crippen molar-refractivity contribution in [3.63, 3.8) is 0 Å². The molecule has 0 spiro atoms. The van der Waals surface area contributed by atoms with Crippen LogP contribution in [0.1, 0.15) is 44.7 Å². The van der Waals surface area contributed by atoms with Gasteiger partial charge in [-0.25, -0.2) is 0 Å². The number of fused-ring (bicyclic) bond motifs is 1. The number of aromatic nitrogens is 2. The van der Waals surface area contributed by atoms with Crippen molar-refractivity contribution >= 4 is 11.8 Å². The fourth-order valence-electron chi connectivity index (χ4n) is 3.96. The van der Waals surface area contributed by atoms with Crippen molar-refractivity contribution in [2.45, 2.75) is 51.5 Å². The first-order valence-corrected chi connectivity index (χ1v) is 9.01. The summed E-state index contributed by atoms with van der Waals surface area (Å²) in [6, 6.07) is 0.329. The Morgan fingerprint density at radius 2 is 2.21 bits per heavy atom. The third-order valence-corrected chi connectivity index (χ3v) is 5.17. The number of rotatable bonds is 5. The van der Waals surface area contributed by atoms with Gasteiger partial charge in [-0.2, -0.15) is 0 Å². The second-order valence-electron chi connectivity index (χ2n) is 6.78. The highest BCUT2D eigenvalue weighted by atomic mass is 16.2. The first kappa shape index (κ1) is 16.9. The van der Waals surface area contributed by atoms with Gasteiger partial charge in [-0.1, -0.05) is 6.92 Å². The summed E-state index contributed by atoms with van der Waals surface area (Å²) < 4.78 is 0. The molecule has 2 atom stereocenters. The van der Waals surface area contributed by atoms with E-state index < -0.39 is 0 Å².